The molecular formula is C12H18N6O2S. The fourth-order valence-corrected chi connectivity index (χ4v) is 3.25. The van der Waals surface area contributed by atoms with Gasteiger partial charge in [0.05, 0.1) is 18.6 Å². The van der Waals surface area contributed by atoms with E-state index in [4.69, 9.17) is 0 Å². The second-order valence-electron chi connectivity index (χ2n) is 5.09. The lowest BCUT2D eigenvalue weighted by Gasteiger charge is -2.28. The van der Waals surface area contributed by atoms with Gasteiger partial charge < -0.3 is 10.2 Å². The molecule has 0 bridgehead atoms. The van der Waals surface area contributed by atoms with E-state index in [1.165, 1.54) is 24.6 Å². The van der Waals surface area contributed by atoms with Gasteiger partial charge in [-0.1, -0.05) is 0 Å². The van der Waals surface area contributed by atoms with Crippen molar-refractivity contribution in [1.29, 1.82) is 0 Å². The molecule has 21 heavy (non-hydrogen) atoms. The number of hydrogen-bond donors (Lipinski definition) is 1. The van der Waals surface area contributed by atoms with E-state index in [-0.39, 0.29) is 5.03 Å². The molecule has 0 spiro atoms. The highest BCUT2D eigenvalue weighted by Gasteiger charge is 2.23. The largest absolute Gasteiger partial charge is 0.353 e. The molecule has 9 heteroatoms. The summed E-state index contributed by atoms with van der Waals surface area (Å²) >= 11 is 0. The summed E-state index contributed by atoms with van der Waals surface area (Å²) in [4.78, 5) is 10.6. The van der Waals surface area contributed by atoms with Gasteiger partial charge in [-0.2, -0.15) is 0 Å². The number of nitrogens with zero attached hydrogens (tertiary/aromatic N) is 5. The molecule has 8 nitrogen and oxygen atoms in total. The zero-order valence-corrected chi connectivity index (χ0v) is 12.8. The minimum absolute atomic E-state index is 0.154. The van der Waals surface area contributed by atoms with Crippen LogP contribution >= 0.6 is 0 Å². The molecule has 3 heterocycles. The molecule has 1 aliphatic heterocycles. The Balaban J connectivity index is 2.08. The smallest absolute Gasteiger partial charge is 0.260 e. The maximum absolute atomic E-state index is 12.3. The summed E-state index contributed by atoms with van der Waals surface area (Å²) in [5.74, 6) is 0.761. The molecule has 0 radical (unpaired) electrons. The van der Waals surface area contributed by atoms with Gasteiger partial charge in [0, 0.05) is 40.3 Å². The summed E-state index contributed by atoms with van der Waals surface area (Å²) in [6, 6.07) is 0. The van der Waals surface area contributed by atoms with Gasteiger partial charge in [-0.25, -0.2) is 22.7 Å². The Hall–Kier alpha value is -1.71. The van der Waals surface area contributed by atoms with Crippen LogP contribution in [0.15, 0.2) is 23.6 Å². The third-order valence-corrected chi connectivity index (χ3v) is 5.33. The van der Waals surface area contributed by atoms with Gasteiger partial charge in [-0.3, -0.25) is 4.40 Å². The molecule has 1 aliphatic rings. The van der Waals surface area contributed by atoms with Crippen molar-refractivity contribution in [3.63, 3.8) is 0 Å². The molecule has 0 saturated carbocycles. The highest BCUT2D eigenvalue weighted by atomic mass is 32.2. The third kappa shape index (κ3) is 2.47. The SMILES string of the molecule is CN(C)S(=O)(=O)c1cnc2cnc(N3CCNCC3)cn12. The van der Waals surface area contributed by atoms with Crippen molar-refractivity contribution in [2.45, 2.75) is 5.03 Å². The molecule has 2 aromatic heterocycles. The number of hydrogen-bond acceptors (Lipinski definition) is 6. The average molecular weight is 310 g/mol. The van der Waals surface area contributed by atoms with Crippen LogP contribution in [0.1, 0.15) is 0 Å². The highest BCUT2D eigenvalue weighted by molar-refractivity contribution is 7.89. The molecular weight excluding hydrogens is 292 g/mol. The van der Waals surface area contributed by atoms with E-state index in [1.54, 1.807) is 16.8 Å². The van der Waals surface area contributed by atoms with Gasteiger partial charge in [0.25, 0.3) is 10.0 Å². The van der Waals surface area contributed by atoms with E-state index in [1.807, 2.05) is 0 Å². The molecule has 0 atom stereocenters. The molecule has 1 saturated heterocycles. The number of nitrogens with one attached hydrogen (secondary N) is 1. The number of imidazole rings is 1. The summed E-state index contributed by atoms with van der Waals surface area (Å²) in [5, 5.41) is 3.43. The van der Waals surface area contributed by atoms with Crippen LogP contribution in [0.3, 0.4) is 0 Å². The van der Waals surface area contributed by atoms with Crippen molar-refractivity contribution < 1.29 is 8.42 Å². The molecule has 0 aromatic carbocycles. The minimum atomic E-state index is -3.53. The van der Waals surface area contributed by atoms with Crippen molar-refractivity contribution in [2.24, 2.45) is 0 Å². The maximum Gasteiger partial charge on any atom is 0.260 e. The number of fused-ring (bicyclic) bond motifs is 1. The van der Waals surface area contributed by atoms with E-state index >= 15 is 0 Å². The lowest BCUT2D eigenvalue weighted by atomic mass is 10.3. The molecule has 3 rings (SSSR count). The number of aromatic nitrogens is 3. The van der Waals surface area contributed by atoms with E-state index in [2.05, 4.69) is 20.2 Å². The Kier molecular flexibility index (Phi) is 3.56. The Morgan fingerprint density at radius 2 is 1.90 bits per heavy atom. The molecule has 114 valence electrons. The van der Waals surface area contributed by atoms with Gasteiger partial charge in [-0.05, 0) is 0 Å². The summed E-state index contributed by atoms with van der Waals surface area (Å²) < 4.78 is 27.4. The third-order valence-electron chi connectivity index (χ3n) is 3.53. The molecule has 0 unspecified atom stereocenters. The van der Waals surface area contributed by atoms with Crippen molar-refractivity contribution in [2.75, 3.05) is 45.2 Å². The maximum atomic E-state index is 12.3. The molecule has 2 aromatic rings. The van der Waals surface area contributed by atoms with Crippen molar-refractivity contribution in [1.82, 2.24) is 24.0 Å². The number of anilines is 1. The van der Waals surface area contributed by atoms with Crippen molar-refractivity contribution in [3.8, 4) is 0 Å². The van der Waals surface area contributed by atoms with Crippen LogP contribution in [0.5, 0.6) is 0 Å². The van der Waals surface area contributed by atoms with Crippen LogP contribution in [0.25, 0.3) is 5.65 Å². The molecule has 0 amide bonds. The molecule has 0 aliphatic carbocycles. The highest BCUT2D eigenvalue weighted by Crippen LogP contribution is 2.18. The first-order valence-corrected chi connectivity index (χ1v) is 8.15. The topological polar surface area (TPSA) is 82.8 Å². The van der Waals surface area contributed by atoms with Crippen molar-refractivity contribution in [3.05, 3.63) is 18.6 Å². The number of sulfonamides is 1. The standard InChI is InChI=1S/C12H18N6O2S/c1-16(2)21(19,20)12-8-15-10-7-14-11(9-18(10)12)17-5-3-13-4-6-17/h7-9,13H,3-6H2,1-2H3. The monoisotopic (exact) mass is 310 g/mol. The fourth-order valence-electron chi connectivity index (χ4n) is 2.29. The second-order valence-corrected chi connectivity index (χ2v) is 7.19. The lowest BCUT2D eigenvalue weighted by Crippen LogP contribution is -2.44. The first-order chi connectivity index (χ1) is 10.00. The normalized spacial score (nSPS) is 16.8. The van der Waals surface area contributed by atoms with Crippen LogP contribution in [0, 0.1) is 0 Å². The number of rotatable bonds is 3. The van der Waals surface area contributed by atoms with Crippen LogP contribution < -0.4 is 10.2 Å². The van der Waals surface area contributed by atoms with Crippen molar-refractivity contribution >= 4 is 21.5 Å². The summed E-state index contributed by atoms with van der Waals surface area (Å²) in [5.41, 5.74) is 0.523. The molecule has 1 N–H and O–H groups in total. The van der Waals surface area contributed by atoms with Crippen LogP contribution in [-0.2, 0) is 10.0 Å². The summed E-state index contributed by atoms with van der Waals surface area (Å²) in [6.45, 7) is 3.49. The Bertz CT molecular complexity index is 748. The molecule has 1 fully saturated rings. The Morgan fingerprint density at radius 3 is 2.57 bits per heavy atom. The lowest BCUT2D eigenvalue weighted by molar-refractivity contribution is 0.515. The van der Waals surface area contributed by atoms with Crippen LogP contribution in [0.4, 0.5) is 5.82 Å². The van der Waals surface area contributed by atoms with Gasteiger partial charge in [0.15, 0.2) is 10.7 Å². The predicted molar refractivity (Wildman–Crippen MR) is 78.9 cm³/mol. The van der Waals surface area contributed by atoms with Crippen LogP contribution in [0.2, 0.25) is 0 Å². The van der Waals surface area contributed by atoms with Crippen LogP contribution in [-0.4, -0.2) is 67.4 Å². The van der Waals surface area contributed by atoms with Gasteiger partial charge in [-0.15, -0.1) is 0 Å². The first kappa shape index (κ1) is 14.2. The first-order valence-electron chi connectivity index (χ1n) is 6.71. The minimum Gasteiger partial charge on any atom is -0.353 e. The van der Waals surface area contributed by atoms with E-state index < -0.39 is 10.0 Å². The van der Waals surface area contributed by atoms with E-state index in [9.17, 15) is 8.42 Å². The Labute approximate surface area is 123 Å². The fraction of sp³-hybridized carbons (Fsp3) is 0.500. The summed E-state index contributed by atoms with van der Waals surface area (Å²) in [6.07, 6.45) is 4.71. The number of piperazine rings is 1. The second kappa shape index (κ2) is 5.24. The average Bonchev–Trinajstić information content (AvgIpc) is 2.91. The van der Waals surface area contributed by atoms with Gasteiger partial charge in [0.2, 0.25) is 0 Å². The quantitative estimate of drug-likeness (QED) is 0.814. The Morgan fingerprint density at radius 1 is 1.19 bits per heavy atom. The zero-order chi connectivity index (χ0) is 15.0. The zero-order valence-electron chi connectivity index (χ0n) is 12.0. The summed E-state index contributed by atoms with van der Waals surface area (Å²) in [7, 11) is -0.518. The predicted octanol–water partition coefficient (Wildman–Crippen LogP) is -0.611. The van der Waals surface area contributed by atoms with Gasteiger partial charge >= 0.3 is 0 Å². The van der Waals surface area contributed by atoms with E-state index in [0.29, 0.717) is 5.65 Å². The van der Waals surface area contributed by atoms with Gasteiger partial charge in [0.1, 0.15) is 5.82 Å². The van der Waals surface area contributed by atoms with E-state index in [0.717, 1.165) is 32.0 Å².